The van der Waals surface area contributed by atoms with E-state index in [2.05, 4.69) is 10.3 Å². The number of carbonyl (C=O) groups excluding carboxylic acids is 2. The summed E-state index contributed by atoms with van der Waals surface area (Å²) in [6.07, 6.45) is 3.71. The topological polar surface area (TPSA) is 62.3 Å². The lowest BCUT2D eigenvalue weighted by Gasteiger charge is -2.22. The molecule has 1 aromatic carbocycles. The summed E-state index contributed by atoms with van der Waals surface area (Å²) in [4.78, 5) is 28.6. The number of hydrogen-bond acceptors (Lipinski definition) is 3. The van der Waals surface area contributed by atoms with E-state index >= 15 is 0 Å². The Balaban J connectivity index is 1.83. The molecule has 3 rings (SSSR count). The maximum absolute atomic E-state index is 14.6. The first kappa shape index (κ1) is 17.1. The Kier molecular flexibility index (Phi) is 4.79. The Bertz CT molecular complexity index is 801. The molecule has 5 nitrogen and oxygen atoms in total. The molecule has 1 fully saturated rings. The van der Waals surface area contributed by atoms with Gasteiger partial charge in [0.1, 0.15) is 5.82 Å². The first-order valence-electron chi connectivity index (χ1n) is 8.25. The molecule has 1 N–H and O–H groups in total. The van der Waals surface area contributed by atoms with Crippen LogP contribution in [0.2, 0.25) is 0 Å². The molecule has 1 heterocycles. The van der Waals surface area contributed by atoms with Crippen molar-refractivity contribution in [1.29, 1.82) is 0 Å². The minimum Gasteiger partial charge on any atom is -0.325 e. The first-order valence-corrected chi connectivity index (χ1v) is 8.25. The zero-order valence-corrected chi connectivity index (χ0v) is 14.3. The van der Waals surface area contributed by atoms with Gasteiger partial charge in [0.25, 0.3) is 0 Å². The van der Waals surface area contributed by atoms with E-state index in [0.717, 1.165) is 12.8 Å². The van der Waals surface area contributed by atoms with Gasteiger partial charge in [-0.05, 0) is 43.0 Å². The number of nitrogens with zero attached hydrogens (tertiary/aromatic N) is 2. The number of aromatic nitrogens is 1. The summed E-state index contributed by atoms with van der Waals surface area (Å²) in [6.45, 7) is 3.44. The summed E-state index contributed by atoms with van der Waals surface area (Å²) in [5.74, 6) is -0.298. The Labute approximate surface area is 145 Å². The molecule has 2 aromatic rings. The fraction of sp³-hybridized carbons (Fsp3) is 0.316. The normalized spacial score (nSPS) is 13.4. The van der Waals surface area contributed by atoms with Gasteiger partial charge in [0.05, 0.1) is 23.3 Å². The van der Waals surface area contributed by atoms with Crippen LogP contribution in [0.15, 0.2) is 36.5 Å². The van der Waals surface area contributed by atoms with Crippen molar-refractivity contribution in [2.75, 3.05) is 16.8 Å². The van der Waals surface area contributed by atoms with Crippen LogP contribution in [0.4, 0.5) is 15.8 Å². The van der Waals surface area contributed by atoms with Gasteiger partial charge in [-0.3, -0.25) is 14.6 Å². The molecule has 0 aliphatic heterocycles. The van der Waals surface area contributed by atoms with Crippen LogP contribution >= 0.6 is 0 Å². The third kappa shape index (κ3) is 4.21. The van der Waals surface area contributed by atoms with Crippen LogP contribution in [0, 0.1) is 11.7 Å². The molecular weight excluding hydrogens is 321 g/mol. The first-order chi connectivity index (χ1) is 11.9. The van der Waals surface area contributed by atoms with Crippen molar-refractivity contribution in [2.24, 2.45) is 5.92 Å². The Morgan fingerprint density at radius 3 is 2.52 bits per heavy atom. The van der Waals surface area contributed by atoms with Gasteiger partial charge in [-0.2, -0.15) is 0 Å². The third-order valence-corrected chi connectivity index (χ3v) is 4.14. The van der Waals surface area contributed by atoms with E-state index in [1.807, 2.05) is 0 Å². The molecule has 2 amide bonds. The van der Waals surface area contributed by atoms with Crippen molar-refractivity contribution < 1.29 is 14.0 Å². The summed E-state index contributed by atoms with van der Waals surface area (Å²) in [7, 11) is 0. The molecule has 1 aromatic heterocycles. The molecule has 0 bridgehead atoms. The van der Waals surface area contributed by atoms with Crippen molar-refractivity contribution in [1.82, 2.24) is 4.98 Å². The number of halogens is 1. The van der Waals surface area contributed by atoms with E-state index in [9.17, 15) is 14.0 Å². The van der Waals surface area contributed by atoms with Crippen molar-refractivity contribution in [2.45, 2.75) is 26.7 Å². The number of nitrogens with one attached hydrogen (secondary N) is 1. The summed E-state index contributed by atoms with van der Waals surface area (Å²) in [5.41, 5.74) is 2.10. The maximum atomic E-state index is 14.6. The molecule has 0 saturated heterocycles. The highest BCUT2D eigenvalue weighted by Gasteiger charge is 2.27. The number of amides is 2. The van der Waals surface area contributed by atoms with Crippen LogP contribution in [0.3, 0.4) is 0 Å². The standard InChI is InChI=1S/C19H20FN3O2/c1-12(24)22-16-6-7-18(21-10-16)15-5-8-19(17(20)9-15)23(13(2)25)11-14-3-4-14/h5-10,14H,3-4,11H2,1-2H3,(H,22,24). The second-order valence-electron chi connectivity index (χ2n) is 6.35. The second-order valence-corrected chi connectivity index (χ2v) is 6.35. The van der Waals surface area contributed by atoms with Gasteiger partial charge >= 0.3 is 0 Å². The lowest BCUT2D eigenvalue weighted by atomic mass is 10.1. The summed E-state index contributed by atoms with van der Waals surface area (Å²) in [5, 5.41) is 2.64. The van der Waals surface area contributed by atoms with Gasteiger partial charge < -0.3 is 10.2 Å². The van der Waals surface area contributed by atoms with Crippen molar-refractivity contribution in [3.05, 3.63) is 42.3 Å². The highest BCUT2D eigenvalue weighted by atomic mass is 19.1. The maximum Gasteiger partial charge on any atom is 0.223 e. The SMILES string of the molecule is CC(=O)Nc1ccc(-c2ccc(N(CC3CC3)C(C)=O)c(F)c2)nc1. The Morgan fingerprint density at radius 1 is 1.24 bits per heavy atom. The number of rotatable bonds is 5. The molecule has 25 heavy (non-hydrogen) atoms. The quantitative estimate of drug-likeness (QED) is 0.904. The molecule has 1 aliphatic rings. The van der Waals surface area contributed by atoms with Gasteiger partial charge in [-0.15, -0.1) is 0 Å². The third-order valence-electron chi connectivity index (χ3n) is 4.14. The van der Waals surface area contributed by atoms with E-state index in [1.165, 1.54) is 31.0 Å². The molecule has 0 unspecified atom stereocenters. The van der Waals surface area contributed by atoms with E-state index < -0.39 is 5.82 Å². The number of carbonyl (C=O) groups is 2. The van der Waals surface area contributed by atoms with Crippen molar-refractivity contribution in [3.63, 3.8) is 0 Å². The number of anilines is 2. The predicted octanol–water partition coefficient (Wildman–Crippen LogP) is 3.61. The molecule has 0 atom stereocenters. The fourth-order valence-corrected chi connectivity index (χ4v) is 2.68. The Hall–Kier alpha value is -2.76. The highest BCUT2D eigenvalue weighted by Crippen LogP contribution is 2.33. The lowest BCUT2D eigenvalue weighted by Crippen LogP contribution is -2.31. The Morgan fingerprint density at radius 2 is 2.00 bits per heavy atom. The molecule has 1 saturated carbocycles. The lowest BCUT2D eigenvalue weighted by molar-refractivity contribution is -0.116. The zero-order chi connectivity index (χ0) is 18.0. The second kappa shape index (κ2) is 7.01. The average molecular weight is 341 g/mol. The number of benzene rings is 1. The summed E-state index contributed by atoms with van der Waals surface area (Å²) in [6, 6.07) is 8.19. The largest absolute Gasteiger partial charge is 0.325 e. The molecule has 0 spiro atoms. The van der Waals surface area contributed by atoms with E-state index in [4.69, 9.17) is 0 Å². The molecule has 130 valence electrons. The van der Waals surface area contributed by atoms with Crippen LogP contribution in [-0.2, 0) is 9.59 Å². The summed E-state index contributed by atoms with van der Waals surface area (Å²) >= 11 is 0. The molecular formula is C19H20FN3O2. The van der Waals surface area contributed by atoms with Crippen molar-refractivity contribution >= 4 is 23.2 Å². The summed E-state index contributed by atoms with van der Waals surface area (Å²) < 4.78 is 14.6. The number of pyridine rings is 1. The van der Waals surface area contributed by atoms with Gasteiger partial charge in [0.2, 0.25) is 11.8 Å². The van der Waals surface area contributed by atoms with Crippen LogP contribution < -0.4 is 10.2 Å². The smallest absolute Gasteiger partial charge is 0.223 e. The van der Waals surface area contributed by atoms with Gasteiger partial charge in [0.15, 0.2) is 0 Å². The molecule has 0 radical (unpaired) electrons. The van der Waals surface area contributed by atoms with E-state index in [0.29, 0.717) is 35.1 Å². The highest BCUT2D eigenvalue weighted by molar-refractivity contribution is 5.92. The van der Waals surface area contributed by atoms with Gasteiger partial charge in [-0.25, -0.2) is 4.39 Å². The molecule has 1 aliphatic carbocycles. The van der Waals surface area contributed by atoms with Crippen LogP contribution in [0.25, 0.3) is 11.3 Å². The van der Waals surface area contributed by atoms with Gasteiger partial charge in [-0.1, -0.05) is 6.07 Å². The minimum atomic E-state index is -0.443. The van der Waals surface area contributed by atoms with Crippen LogP contribution in [0.5, 0.6) is 0 Å². The molecule has 6 heteroatoms. The van der Waals surface area contributed by atoms with Crippen LogP contribution in [-0.4, -0.2) is 23.3 Å². The van der Waals surface area contributed by atoms with Crippen molar-refractivity contribution in [3.8, 4) is 11.3 Å². The fourth-order valence-electron chi connectivity index (χ4n) is 2.68. The monoisotopic (exact) mass is 341 g/mol. The van der Waals surface area contributed by atoms with E-state index in [-0.39, 0.29) is 11.8 Å². The number of hydrogen-bond donors (Lipinski definition) is 1. The zero-order valence-electron chi connectivity index (χ0n) is 14.3. The van der Waals surface area contributed by atoms with Crippen LogP contribution in [0.1, 0.15) is 26.7 Å². The minimum absolute atomic E-state index is 0.156. The van der Waals surface area contributed by atoms with Gasteiger partial charge in [0, 0.05) is 26.0 Å². The predicted molar refractivity (Wildman–Crippen MR) is 94.7 cm³/mol. The average Bonchev–Trinajstić information content (AvgIpc) is 3.37. The van der Waals surface area contributed by atoms with E-state index in [1.54, 1.807) is 24.3 Å².